The van der Waals surface area contributed by atoms with Crippen molar-refractivity contribution in [2.24, 2.45) is 0 Å². The minimum absolute atomic E-state index is 0.0946. The first-order valence-electron chi connectivity index (χ1n) is 8.27. The number of ether oxygens (including phenoxy) is 1. The maximum Gasteiger partial charge on any atom is 0.265 e. The number of hydrogen-bond donors (Lipinski definition) is 1. The van der Waals surface area contributed by atoms with E-state index >= 15 is 0 Å². The van der Waals surface area contributed by atoms with Crippen molar-refractivity contribution in [2.45, 2.75) is 4.90 Å². The highest BCUT2D eigenvalue weighted by Gasteiger charge is 2.19. The summed E-state index contributed by atoms with van der Waals surface area (Å²) in [5, 5.41) is 0. The van der Waals surface area contributed by atoms with Crippen LogP contribution >= 0.6 is 0 Å². The standard InChI is InChI=1S/C20H17N3O3S/c1-26-19-8-4-5-9-20(19)27(24,25)22-15-10-12-16(13-11-15)23-14-21-17-6-2-3-7-18(17)23/h2-14,22H,1H3. The largest absolute Gasteiger partial charge is 0.495 e. The number of benzene rings is 3. The molecule has 3 aromatic carbocycles. The molecule has 0 aliphatic heterocycles. The fraction of sp³-hybridized carbons (Fsp3) is 0.0500. The van der Waals surface area contributed by atoms with Gasteiger partial charge in [0, 0.05) is 11.4 Å². The Morgan fingerprint density at radius 1 is 0.926 bits per heavy atom. The number of rotatable bonds is 5. The van der Waals surface area contributed by atoms with Crippen molar-refractivity contribution in [3.8, 4) is 11.4 Å². The molecule has 0 spiro atoms. The highest BCUT2D eigenvalue weighted by molar-refractivity contribution is 7.92. The number of methoxy groups -OCH3 is 1. The molecule has 27 heavy (non-hydrogen) atoms. The molecule has 0 atom stereocenters. The number of hydrogen-bond acceptors (Lipinski definition) is 4. The lowest BCUT2D eigenvalue weighted by Crippen LogP contribution is -2.14. The minimum Gasteiger partial charge on any atom is -0.495 e. The Morgan fingerprint density at radius 2 is 1.63 bits per heavy atom. The Hall–Kier alpha value is -3.32. The third kappa shape index (κ3) is 3.24. The molecule has 0 unspecified atom stereocenters. The van der Waals surface area contributed by atoms with Gasteiger partial charge in [0.1, 0.15) is 17.0 Å². The zero-order valence-electron chi connectivity index (χ0n) is 14.5. The summed E-state index contributed by atoms with van der Waals surface area (Å²) in [6.07, 6.45) is 1.75. The van der Waals surface area contributed by atoms with Gasteiger partial charge in [-0.1, -0.05) is 24.3 Å². The first-order chi connectivity index (χ1) is 13.1. The van der Waals surface area contributed by atoms with E-state index in [0.29, 0.717) is 11.4 Å². The minimum atomic E-state index is -3.75. The molecule has 0 aliphatic carbocycles. The van der Waals surface area contributed by atoms with Crippen LogP contribution in [0.15, 0.2) is 84.0 Å². The van der Waals surface area contributed by atoms with Crippen molar-refractivity contribution in [2.75, 3.05) is 11.8 Å². The van der Waals surface area contributed by atoms with Crippen LogP contribution in [-0.2, 0) is 10.0 Å². The molecular formula is C20H17N3O3S. The van der Waals surface area contributed by atoms with E-state index in [4.69, 9.17) is 4.74 Å². The van der Waals surface area contributed by atoms with E-state index in [2.05, 4.69) is 9.71 Å². The third-order valence-corrected chi connectivity index (χ3v) is 5.63. The molecule has 1 aromatic heterocycles. The second-order valence-electron chi connectivity index (χ2n) is 5.91. The molecule has 0 amide bonds. The fourth-order valence-corrected chi connectivity index (χ4v) is 4.14. The molecule has 0 aliphatic rings. The lowest BCUT2D eigenvalue weighted by atomic mass is 10.2. The van der Waals surface area contributed by atoms with Crippen LogP contribution in [0, 0.1) is 0 Å². The molecule has 0 radical (unpaired) electrons. The quantitative estimate of drug-likeness (QED) is 0.572. The molecule has 7 heteroatoms. The van der Waals surface area contributed by atoms with Gasteiger partial charge in [0.25, 0.3) is 10.0 Å². The number of nitrogens with zero attached hydrogens (tertiary/aromatic N) is 2. The normalized spacial score (nSPS) is 11.4. The molecule has 1 N–H and O–H groups in total. The highest BCUT2D eigenvalue weighted by atomic mass is 32.2. The Morgan fingerprint density at radius 3 is 2.41 bits per heavy atom. The number of aromatic nitrogens is 2. The summed E-state index contributed by atoms with van der Waals surface area (Å²) < 4.78 is 35.0. The van der Waals surface area contributed by atoms with E-state index in [0.717, 1.165) is 16.7 Å². The van der Waals surface area contributed by atoms with Gasteiger partial charge < -0.3 is 4.74 Å². The van der Waals surface area contributed by atoms with Crippen LogP contribution in [0.3, 0.4) is 0 Å². The van der Waals surface area contributed by atoms with Crippen molar-refractivity contribution in [3.63, 3.8) is 0 Å². The molecule has 1 heterocycles. The summed E-state index contributed by atoms with van der Waals surface area (Å²) in [5.41, 5.74) is 3.25. The summed E-state index contributed by atoms with van der Waals surface area (Å²) in [6.45, 7) is 0. The predicted octanol–water partition coefficient (Wildman–Crippen LogP) is 3.83. The van der Waals surface area contributed by atoms with Gasteiger partial charge in [-0.2, -0.15) is 0 Å². The second-order valence-corrected chi connectivity index (χ2v) is 7.56. The molecule has 4 rings (SSSR count). The topological polar surface area (TPSA) is 73.2 Å². The van der Waals surface area contributed by atoms with Crippen molar-refractivity contribution in [3.05, 3.63) is 79.1 Å². The summed E-state index contributed by atoms with van der Waals surface area (Å²) in [6, 6.07) is 21.5. The first-order valence-corrected chi connectivity index (χ1v) is 9.75. The van der Waals surface area contributed by atoms with E-state index in [9.17, 15) is 8.42 Å². The van der Waals surface area contributed by atoms with Crippen molar-refractivity contribution >= 4 is 26.7 Å². The number of anilines is 1. The zero-order valence-corrected chi connectivity index (χ0v) is 15.3. The van der Waals surface area contributed by atoms with E-state index < -0.39 is 10.0 Å². The smallest absolute Gasteiger partial charge is 0.265 e. The van der Waals surface area contributed by atoms with Crippen LogP contribution in [0.25, 0.3) is 16.7 Å². The summed E-state index contributed by atoms with van der Waals surface area (Å²) in [5.74, 6) is 0.298. The van der Waals surface area contributed by atoms with Gasteiger partial charge in [0.05, 0.1) is 18.1 Å². The average Bonchev–Trinajstić information content (AvgIpc) is 3.12. The molecule has 0 fully saturated rings. The molecule has 0 saturated heterocycles. The Bertz CT molecular complexity index is 1200. The summed E-state index contributed by atoms with van der Waals surface area (Å²) in [4.78, 5) is 4.47. The van der Waals surface area contributed by atoms with Gasteiger partial charge in [-0.05, 0) is 48.5 Å². The molecule has 0 bridgehead atoms. The predicted molar refractivity (Wildman–Crippen MR) is 105 cm³/mol. The van der Waals surface area contributed by atoms with E-state index in [1.807, 2.05) is 41.0 Å². The molecular weight excluding hydrogens is 362 g/mol. The van der Waals surface area contributed by atoms with E-state index in [1.165, 1.54) is 13.2 Å². The first kappa shape index (κ1) is 17.1. The van der Waals surface area contributed by atoms with Gasteiger partial charge in [-0.25, -0.2) is 13.4 Å². The van der Waals surface area contributed by atoms with Crippen LogP contribution < -0.4 is 9.46 Å². The number of imidazole rings is 1. The summed E-state index contributed by atoms with van der Waals surface area (Å²) >= 11 is 0. The lowest BCUT2D eigenvalue weighted by Gasteiger charge is -2.12. The van der Waals surface area contributed by atoms with Crippen molar-refractivity contribution in [1.82, 2.24) is 9.55 Å². The van der Waals surface area contributed by atoms with Crippen molar-refractivity contribution < 1.29 is 13.2 Å². The van der Waals surface area contributed by atoms with Gasteiger partial charge in [-0.15, -0.1) is 0 Å². The number of fused-ring (bicyclic) bond motifs is 1. The number of nitrogens with one attached hydrogen (secondary N) is 1. The molecule has 0 saturated carbocycles. The molecule has 136 valence electrons. The Balaban J connectivity index is 1.63. The third-order valence-electron chi connectivity index (χ3n) is 4.21. The van der Waals surface area contributed by atoms with Gasteiger partial charge in [0.2, 0.25) is 0 Å². The van der Waals surface area contributed by atoms with Crippen LogP contribution in [0.5, 0.6) is 5.75 Å². The second kappa shape index (κ2) is 6.77. The highest BCUT2D eigenvalue weighted by Crippen LogP contribution is 2.26. The number of para-hydroxylation sites is 3. The Kier molecular flexibility index (Phi) is 4.29. The maximum atomic E-state index is 12.7. The average molecular weight is 379 g/mol. The number of sulfonamides is 1. The fourth-order valence-electron chi connectivity index (χ4n) is 2.91. The summed E-state index contributed by atoms with van der Waals surface area (Å²) in [7, 11) is -2.31. The van der Waals surface area contributed by atoms with E-state index in [1.54, 1.807) is 36.7 Å². The maximum absolute atomic E-state index is 12.7. The van der Waals surface area contributed by atoms with Crippen LogP contribution in [-0.4, -0.2) is 25.1 Å². The molecule has 4 aromatic rings. The lowest BCUT2D eigenvalue weighted by molar-refractivity contribution is 0.403. The van der Waals surface area contributed by atoms with Crippen molar-refractivity contribution in [1.29, 1.82) is 0 Å². The zero-order chi connectivity index (χ0) is 18.9. The Labute approximate surface area is 157 Å². The van der Waals surface area contributed by atoms with Gasteiger partial charge in [-0.3, -0.25) is 9.29 Å². The van der Waals surface area contributed by atoms with Crippen LogP contribution in [0.4, 0.5) is 5.69 Å². The van der Waals surface area contributed by atoms with Gasteiger partial charge in [0.15, 0.2) is 0 Å². The van der Waals surface area contributed by atoms with Crippen LogP contribution in [0.1, 0.15) is 0 Å². The molecule has 6 nitrogen and oxygen atoms in total. The monoisotopic (exact) mass is 379 g/mol. The SMILES string of the molecule is COc1ccccc1S(=O)(=O)Nc1ccc(-n2cnc3ccccc32)cc1. The van der Waals surface area contributed by atoms with Gasteiger partial charge >= 0.3 is 0 Å². The van der Waals surface area contributed by atoms with E-state index in [-0.39, 0.29) is 4.90 Å². The van der Waals surface area contributed by atoms with Crippen LogP contribution in [0.2, 0.25) is 0 Å².